The van der Waals surface area contributed by atoms with Crippen molar-refractivity contribution in [2.75, 3.05) is 13.6 Å². The molecule has 0 aliphatic carbocycles. The predicted octanol–water partition coefficient (Wildman–Crippen LogP) is 2.83. The number of aromatic nitrogens is 5. The lowest BCUT2D eigenvalue weighted by atomic mass is 10.0. The summed E-state index contributed by atoms with van der Waals surface area (Å²) in [6.07, 6.45) is 6.11. The van der Waals surface area contributed by atoms with Crippen molar-refractivity contribution in [1.29, 1.82) is 0 Å². The highest BCUT2D eigenvalue weighted by atomic mass is 35.5. The lowest BCUT2D eigenvalue weighted by Gasteiger charge is -2.21. The van der Waals surface area contributed by atoms with Gasteiger partial charge < -0.3 is 20.2 Å². The van der Waals surface area contributed by atoms with Gasteiger partial charge in [0.15, 0.2) is 5.82 Å². The van der Waals surface area contributed by atoms with Crippen molar-refractivity contribution in [3.8, 4) is 11.4 Å². The van der Waals surface area contributed by atoms with Crippen molar-refractivity contribution in [3.63, 3.8) is 0 Å². The molecule has 0 spiro atoms. The Morgan fingerprint density at radius 2 is 2.03 bits per heavy atom. The van der Waals surface area contributed by atoms with Crippen LogP contribution in [0.25, 0.3) is 33.5 Å². The van der Waals surface area contributed by atoms with Gasteiger partial charge >= 0.3 is 0 Å². The fraction of sp³-hybridized carbons (Fsp3) is 0.286. The molecule has 4 rings (SSSR count). The number of carbonyl (C=O) groups is 2. The summed E-state index contributed by atoms with van der Waals surface area (Å²) < 4.78 is 15.5. The minimum Gasteiger partial charge on any atom is -0.358 e. The number of carbonyl (C=O) groups excluding carboxylic acids is 2. The number of hydrogen-bond acceptors (Lipinski definition) is 5. The van der Waals surface area contributed by atoms with E-state index < -0.39 is 11.7 Å². The number of fused-ring (bicyclic) bond motifs is 2. The van der Waals surface area contributed by atoms with Gasteiger partial charge in [0.1, 0.15) is 17.1 Å². The molecule has 0 saturated heterocycles. The molecule has 0 aliphatic rings. The van der Waals surface area contributed by atoms with Gasteiger partial charge in [0.05, 0.1) is 29.1 Å². The maximum Gasteiger partial charge on any atom is 0.239 e. The summed E-state index contributed by atoms with van der Waals surface area (Å²) in [6.45, 7) is 3.53. The van der Waals surface area contributed by atoms with Crippen LogP contribution >= 0.6 is 11.6 Å². The number of rotatable bonds is 6. The third-order valence-electron chi connectivity index (χ3n) is 5.54. The van der Waals surface area contributed by atoms with Crippen molar-refractivity contribution in [2.24, 2.45) is 5.92 Å². The van der Waals surface area contributed by atoms with E-state index in [9.17, 15) is 14.0 Å². The molecular formula is C21H21ClFN7O2. The molecule has 9 nitrogen and oxygen atoms in total. The minimum absolute atomic E-state index is 0.100. The van der Waals surface area contributed by atoms with Gasteiger partial charge in [-0.3, -0.25) is 9.59 Å². The average Bonchev–Trinajstić information content (AvgIpc) is 3.36. The third kappa shape index (κ3) is 3.89. The number of halogens is 2. The van der Waals surface area contributed by atoms with E-state index in [4.69, 9.17) is 11.6 Å². The van der Waals surface area contributed by atoms with E-state index in [0.29, 0.717) is 38.5 Å². The first kappa shape index (κ1) is 21.7. The monoisotopic (exact) mass is 457 g/mol. The summed E-state index contributed by atoms with van der Waals surface area (Å²) in [7, 11) is 1.50. The van der Waals surface area contributed by atoms with Crippen molar-refractivity contribution < 1.29 is 14.0 Å². The standard InChI is InChI=1S/C21H21ClFN7O2/c1-10(21(32)28-8-17(31)24-3)11(2)30-9-16(22)15-7-27-19(29-20(15)30)14-6-26-18-13(14)4-12(23)5-25-18/h4-7,9-11H,8H2,1-3H3,(H,24,31)(H,25,26)(H,28,32)/t10-,11-/m0/s1. The van der Waals surface area contributed by atoms with Crippen LogP contribution < -0.4 is 10.6 Å². The van der Waals surface area contributed by atoms with Gasteiger partial charge in [-0.15, -0.1) is 0 Å². The molecule has 0 aliphatic heterocycles. The molecule has 4 aromatic rings. The lowest BCUT2D eigenvalue weighted by molar-refractivity contribution is -0.128. The van der Waals surface area contributed by atoms with E-state index in [0.717, 1.165) is 6.20 Å². The maximum absolute atomic E-state index is 13.7. The Labute approximate surface area is 187 Å². The van der Waals surface area contributed by atoms with Crippen molar-refractivity contribution in [3.05, 3.63) is 41.7 Å². The third-order valence-corrected chi connectivity index (χ3v) is 5.84. The zero-order valence-electron chi connectivity index (χ0n) is 17.6. The molecule has 4 aromatic heterocycles. The number of nitrogens with one attached hydrogen (secondary N) is 3. The first-order chi connectivity index (χ1) is 15.3. The molecule has 2 amide bonds. The number of likely N-dealkylation sites (N-methyl/N-ethyl adjacent to an activating group) is 1. The molecule has 0 radical (unpaired) electrons. The average molecular weight is 458 g/mol. The van der Waals surface area contributed by atoms with Gasteiger partial charge in [0, 0.05) is 42.6 Å². The molecule has 0 bridgehead atoms. The van der Waals surface area contributed by atoms with E-state index in [1.807, 2.05) is 6.92 Å². The fourth-order valence-electron chi connectivity index (χ4n) is 3.47. The van der Waals surface area contributed by atoms with Gasteiger partial charge in [-0.1, -0.05) is 18.5 Å². The van der Waals surface area contributed by atoms with Gasteiger partial charge in [-0.25, -0.2) is 19.3 Å². The van der Waals surface area contributed by atoms with Gasteiger partial charge in [0.25, 0.3) is 0 Å². The molecule has 166 valence electrons. The van der Waals surface area contributed by atoms with Crippen LogP contribution in [0.4, 0.5) is 4.39 Å². The van der Waals surface area contributed by atoms with Crippen LogP contribution in [0.15, 0.2) is 30.9 Å². The Hall–Kier alpha value is -3.53. The van der Waals surface area contributed by atoms with Gasteiger partial charge in [-0.05, 0) is 13.0 Å². The Morgan fingerprint density at radius 1 is 1.25 bits per heavy atom. The minimum atomic E-state index is -0.476. The van der Waals surface area contributed by atoms with Crippen molar-refractivity contribution >= 4 is 45.5 Å². The molecule has 0 saturated carbocycles. The van der Waals surface area contributed by atoms with Gasteiger partial charge in [-0.2, -0.15) is 0 Å². The van der Waals surface area contributed by atoms with E-state index >= 15 is 0 Å². The molecule has 0 unspecified atom stereocenters. The fourth-order valence-corrected chi connectivity index (χ4v) is 3.71. The second-order valence-corrected chi connectivity index (χ2v) is 7.89. The highest BCUT2D eigenvalue weighted by Gasteiger charge is 2.25. The van der Waals surface area contributed by atoms with Crippen LogP contribution in [-0.4, -0.2) is 49.9 Å². The summed E-state index contributed by atoms with van der Waals surface area (Å²) in [5, 5.41) is 6.72. The Balaban J connectivity index is 1.70. The number of pyridine rings is 1. The normalized spacial score (nSPS) is 13.3. The van der Waals surface area contributed by atoms with Gasteiger partial charge in [0.2, 0.25) is 11.8 Å². The quantitative estimate of drug-likeness (QED) is 0.411. The van der Waals surface area contributed by atoms with E-state index in [-0.39, 0.29) is 24.4 Å². The van der Waals surface area contributed by atoms with Crippen LogP contribution in [0.2, 0.25) is 5.02 Å². The number of hydrogen-bond donors (Lipinski definition) is 3. The summed E-state index contributed by atoms with van der Waals surface area (Å²) in [5.41, 5.74) is 1.66. The molecule has 11 heteroatoms. The van der Waals surface area contributed by atoms with Crippen LogP contribution in [0, 0.1) is 11.7 Å². The Bertz CT molecular complexity index is 1330. The molecule has 4 heterocycles. The number of amides is 2. The molecule has 0 fully saturated rings. The predicted molar refractivity (Wildman–Crippen MR) is 119 cm³/mol. The summed E-state index contributed by atoms with van der Waals surface area (Å²) in [6, 6.07) is 1.05. The van der Waals surface area contributed by atoms with Crippen LogP contribution in [-0.2, 0) is 9.59 Å². The van der Waals surface area contributed by atoms with E-state index in [1.54, 1.807) is 30.1 Å². The molecule has 3 N–H and O–H groups in total. The first-order valence-corrected chi connectivity index (χ1v) is 10.3. The molecule has 0 aromatic carbocycles. The molecule has 2 atom stereocenters. The highest BCUT2D eigenvalue weighted by molar-refractivity contribution is 6.35. The number of aromatic amines is 1. The highest BCUT2D eigenvalue weighted by Crippen LogP contribution is 2.32. The molecular weight excluding hydrogens is 437 g/mol. The second kappa shape index (κ2) is 8.54. The summed E-state index contributed by atoms with van der Waals surface area (Å²) in [4.78, 5) is 40.1. The number of H-pyrrole nitrogens is 1. The first-order valence-electron chi connectivity index (χ1n) is 9.94. The Morgan fingerprint density at radius 3 is 2.78 bits per heavy atom. The second-order valence-electron chi connectivity index (χ2n) is 7.49. The van der Waals surface area contributed by atoms with Crippen LogP contribution in [0.5, 0.6) is 0 Å². The smallest absolute Gasteiger partial charge is 0.239 e. The Kier molecular flexibility index (Phi) is 5.79. The SMILES string of the molecule is CNC(=O)CNC(=O)[C@@H](C)[C@H](C)n1cc(Cl)c2cnc(-c3c[nH]c4ncc(F)cc34)nc21. The maximum atomic E-state index is 13.7. The zero-order chi connectivity index (χ0) is 23.0. The van der Waals surface area contributed by atoms with Crippen LogP contribution in [0.1, 0.15) is 19.9 Å². The van der Waals surface area contributed by atoms with Crippen LogP contribution in [0.3, 0.4) is 0 Å². The zero-order valence-corrected chi connectivity index (χ0v) is 18.4. The number of nitrogens with zero attached hydrogens (tertiary/aromatic N) is 4. The summed E-state index contributed by atoms with van der Waals surface area (Å²) >= 11 is 6.40. The molecule has 32 heavy (non-hydrogen) atoms. The van der Waals surface area contributed by atoms with E-state index in [2.05, 4.69) is 30.6 Å². The van der Waals surface area contributed by atoms with Crippen molar-refractivity contribution in [2.45, 2.75) is 19.9 Å². The lowest BCUT2D eigenvalue weighted by Crippen LogP contribution is -2.39. The van der Waals surface area contributed by atoms with E-state index in [1.165, 1.54) is 13.1 Å². The topological polar surface area (TPSA) is 118 Å². The summed E-state index contributed by atoms with van der Waals surface area (Å²) in [5.74, 6) is -1.12. The van der Waals surface area contributed by atoms with Crippen molar-refractivity contribution in [1.82, 2.24) is 35.1 Å². The largest absolute Gasteiger partial charge is 0.358 e.